The summed E-state index contributed by atoms with van der Waals surface area (Å²) in [6.45, 7) is 0. The van der Waals surface area contributed by atoms with Crippen LogP contribution in [0.3, 0.4) is 0 Å². The molecule has 4 aromatic heterocycles. The van der Waals surface area contributed by atoms with Crippen LogP contribution in [0.2, 0.25) is 0 Å². The minimum Gasteiger partial charge on any atom is -0.455 e. The summed E-state index contributed by atoms with van der Waals surface area (Å²) in [4.78, 5) is 33.2. The number of para-hydroxylation sites is 4. The molecule has 0 N–H and O–H groups in total. The molecule has 0 saturated heterocycles. The van der Waals surface area contributed by atoms with E-state index in [1.807, 2.05) is 54.6 Å². The van der Waals surface area contributed by atoms with Gasteiger partial charge in [0, 0.05) is 43.8 Å². The highest BCUT2D eigenvalue weighted by molar-refractivity contribution is 6.15. The highest BCUT2D eigenvalue weighted by Gasteiger charge is 2.26. The van der Waals surface area contributed by atoms with Crippen molar-refractivity contribution < 1.29 is 8.83 Å². The van der Waals surface area contributed by atoms with Crippen LogP contribution < -0.4 is 0 Å². The van der Waals surface area contributed by atoms with Crippen molar-refractivity contribution in [1.82, 2.24) is 29.9 Å². The van der Waals surface area contributed by atoms with E-state index >= 15 is 0 Å². The van der Waals surface area contributed by atoms with Gasteiger partial charge in [0.25, 0.3) is 0 Å². The van der Waals surface area contributed by atoms with Crippen molar-refractivity contribution in [3.8, 4) is 124 Å². The first-order valence-corrected chi connectivity index (χ1v) is 34.3. The maximum absolute atomic E-state index is 6.79. The van der Waals surface area contributed by atoms with Gasteiger partial charge in [-0.1, -0.05) is 273 Å². The summed E-state index contributed by atoms with van der Waals surface area (Å²) in [6, 6.07) is 119. The van der Waals surface area contributed by atoms with Gasteiger partial charge in [-0.15, -0.1) is 0 Å². The predicted molar refractivity (Wildman–Crippen MR) is 418 cm³/mol. The van der Waals surface area contributed by atoms with Gasteiger partial charge in [-0.05, 0) is 165 Å². The molecule has 0 saturated carbocycles. The summed E-state index contributed by atoms with van der Waals surface area (Å²) in [5.74, 6) is 3.08. The van der Waals surface area contributed by atoms with E-state index in [2.05, 4.69) is 285 Å². The van der Waals surface area contributed by atoms with Crippen LogP contribution in [-0.4, -0.2) is 29.9 Å². The molecule has 0 atom stereocenters. The zero-order chi connectivity index (χ0) is 67.2. The first-order valence-electron chi connectivity index (χ1n) is 34.3. The number of aromatic nitrogens is 6. The summed E-state index contributed by atoms with van der Waals surface area (Å²) in [7, 11) is 0. The molecule has 102 heavy (non-hydrogen) atoms. The molecule has 20 rings (SSSR count). The van der Waals surface area contributed by atoms with Gasteiger partial charge < -0.3 is 8.83 Å². The Kier molecular flexibility index (Phi) is 13.7. The van der Waals surface area contributed by atoms with Gasteiger partial charge in [0.2, 0.25) is 0 Å². The first kappa shape index (κ1) is 58.3. The lowest BCUT2D eigenvalue weighted by atomic mass is 9.90. The van der Waals surface area contributed by atoms with Gasteiger partial charge in [0.15, 0.2) is 34.9 Å². The minimum atomic E-state index is 0.490. The van der Waals surface area contributed by atoms with Crippen LogP contribution >= 0.6 is 0 Å². The molecule has 16 aromatic carbocycles. The van der Waals surface area contributed by atoms with Gasteiger partial charge in [-0.2, -0.15) is 0 Å². The third-order valence-electron chi connectivity index (χ3n) is 20.0. The maximum atomic E-state index is 6.79. The molecular formula is C94H56N6O2. The van der Waals surface area contributed by atoms with Gasteiger partial charge >= 0.3 is 0 Å². The highest BCUT2D eigenvalue weighted by atomic mass is 16.3. The number of nitrogens with zero attached hydrogens (tertiary/aromatic N) is 6. The molecule has 0 aliphatic heterocycles. The Labute approximate surface area is 585 Å². The van der Waals surface area contributed by atoms with Crippen molar-refractivity contribution in [1.29, 1.82) is 0 Å². The summed E-state index contributed by atoms with van der Waals surface area (Å²) >= 11 is 0. The fraction of sp³-hybridized carbons (Fsp3) is 0. The predicted octanol–water partition coefficient (Wildman–Crippen LogP) is 24.8. The largest absolute Gasteiger partial charge is 0.455 e. The Morgan fingerprint density at radius 3 is 1.03 bits per heavy atom. The van der Waals surface area contributed by atoms with E-state index in [4.69, 9.17) is 38.7 Å². The molecule has 0 aliphatic rings. The van der Waals surface area contributed by atoms with E-state index in [1.165, 1.54) is 10.8 Å². The van der Waals surface area contributed by atoms with Gasteiger partial charge in [0.05, 0.1) is 11.1 Å². The SMILES string of the molecule is c1ccc(-c2ccccc2-c2nc(-c3ccc(-c4ccc(-c5nc(-c6ccccc6-c6cc7ccccc7c7ccccc67)nc(-c6cccc7c6oc6ccccc67)n5)c(-c5ccc6ccccc6c5)c4)cc3-c3ccc4ccccc4c3)nc(-c3cccc4c3oc3ccccc34)n2)cc1. The number of benzene rings is 16. The fourth-order valence-corrected chi connectivity index (χ4v) is 15.1. The number of rotatable bonds is 11. The molecule has 0 bridgehead atoms. The number of hydrogen-bond donors (Lipinski definition) is 0. The van der Waals surface area contributed by atoms with E-state index in [1.54, 1.807) is 0 Å². The highest BCUT2D eigenvalue weighted by Crippen LogP contribution is 2.46. The van der Waals surface area contributed by atoms with Gasteiger partial charge in [0.1, 0.15) is 22.3 Å². The maximum Gasteiger partial charge on any atom is 0.167 e. The lowest BCUT2D eigenvalue weighted by Gasteiger charge is -2.17. The second kappa shape index (κ2) is 24.0. The lowest BCUT2D eigenvalue weighted by molar-refractivity contribution is 0.669. The molecule has 474 valence electrons. The van der Waals surface area contributed by atoms with Crippen LogP contribution in [0.4, 0.5) is 0 Å². The van der Waals surface area contributed by atoms with Crippen molar-refractivity contribution in [2.45, 2.75) is 0 Å². The molecule has 20 aromatic rings. The molecule has 0 aliphatic carbocycles. The molecular weight excluding hydrogens is 1250 g/mol. The molecule has 8 heteroatoms. The third-order valence-corrected chi connectivity index (χ3v) is 20.0. The van der Waals surface area contributed by atoms with E-state index in [0.29, 0.717) is 46.1 Å². The molecule has 0 unspecified atom stereocenters. The standard InChI is InChI=1S/C94H56N6O2/c1-2-24-59(25-3-1)67-29-10-14-36-76(67)89-95-91(99-93(97-89)80-40-20-38-74-72-34-16-18-42-85(72)101-87(74)80)78-50-48-62(54-82(78)65-46-44-57-22-4-6-26-60(57)52-65)63-49-51-79(83(55-63)66-47-45-58-23-5-7-27-61(58)53-66)92-96-90(98-94(100-92)81-41-21-39-75-73-35-17-19-43-86(73)102-88(75)81)77-37-15-13-33-71(77)84-56-64-28-8-9-30-68(64)69-31-11-12-32-70(69)84/h1-56H. The van der Waals surface area contributed by atoms with Crippen LogP contribution in [0, 0.1) is 0 Å². The molecule has 0 fully saturated rings. The second-order valence-corrected chi connectivity index (χ2v) is 26.0. The minimum absolute atomic E-state index is 0.490. The summed E-state index contributed by atoms with van der Waals surface area (Å²) in [5.41, 5.74) is 17.9. The van der Waals surface area contributed by atoms with Crippen molar-refractivity contribution in [2.24, 2.45) is 0 Å². The summed E-state index contributed by atoms with van der Waals surface area (Å²) in [6.07, 6.45) is 0. The third kappa shape index (κ3) is 9.99. The fourth-order valence-electron chi connectivity index (χ4n) is 15.1. The summed E-state index contributed by atoms with van der Waals surface area (Å²) < 4.78 is 13.5. The zero-order valence-electron chi connectivity index (χ0n) is 54.8. The Morgan fingerprint density at radius 1 is 0.157 bits per heavy atom. The number of hydrogen-bond acceptors (Lipinski definition) is 8. The van der Waals surface area contributed by atoms with Crippen molar-refractivity contribution >= 4 is 87.0 Å². The summed E-state index contributed by atoms with van der Waals surface area (Å²) in [5, 5.41) is 13.2. The van der Waals surface area contributed by atoms with E-state index in [9.17, 15) is 0 Å². The molecule has 0 radical (unpaired) electrons. The van der Waals surface area contributed by atoms with Crippen LogP contribution in [0.15, 0.2) is 349 Å². The van der Waals surface area contributed by atoms with Crippen molar-refractivity contribution in [3.63, 3.8) is 0 Å². The van der Waals surface area contributed by atoms with Gasteiger partial charge in [-0.3, -0.25) is 0 Å². The quantitative estimate of drug-likeness (QED) is 0.118. The normalized spacial score (nSPS) is 11.7. The van der Waals surface area contributed by atoms with Crippen LogP contribution in [0.1, 0.15) is 0 Å². The molecule has 8 nitrogen and oxygen atoms in total. The van der Waals surface area contributed by atoms with E-state index < -0.39 is 0 Å². The average Bonchev–Trinajstić information content (AvgIpc) is 1.02. The first-order chi connectivity index (χ1) is 50.5. The van der Waals surface area contributed by atoms with Gasteiger partial charge in [-0.25, -0.2) is 29.9 Å². The smallest absolute Gasteiger partial charge is 0.167 e. The van der Waals surface area contributed by atoms with Crippen LogP contribution in [0.25, 0.3) is 211 Å². The van der Waals surface area contributed by atoms with Crippen molar-refractivity contribution in [3.05, 3.63) is 340 Å². The number of fused-ring (bicyclic) bond motifs is 11. The average molecular weight is 1300 g/mol. The molecule has 0 spiro atoms. The second-order valence-electron chi connectivity index (χ2n) is 26.0. The van der Waals surface area contributed by atoms with E-state index in [0.717, 1.165) is 154 Å². The van der Waals surface area contributed by atoms with E-state index in [-0.39, 0.29) is 0 Å². The van der Waals surface area contributed by atoms with Crippen molar-refractivity contribution in [2.75, 3.05) is 0 Å². The number of furan rings is 2. The Hall–Kier alpha value is -13.8. The molecule has 0 amide bonds. The monoisotopic (exact) mass is 1300 g/mol. The van der Waals surface area contributed by atoms with Crippen LogP contribution in [0.5, 0.6) is 0 Å². The Morgan fingerprint density at radius 2 is 0.510 bits per heavy atom. The lowest BCUT2D eigenvalue weighted by Crippen LogP contribution is -2.03. The Bertz CT molecular complexity index is 6790. The Balaban J connectivity index is 0.811. The topological polar surface area (TPSA) is 104 Å². The molecule has 4 heterocycles. The van der Waals surface area contributed by atoms with Crippen LogP contribution in [-0.2, 0) is 0 Å². The zero-order valence-corrected chi connectivity index (χ0v) is 54.8.